The van der Waals surface area contributed by atoms with E-state index in [1.807, 2.05) is 6.92 Å². The predicted octanol–water partition coefficient (Wildman–Crippen LogP) is 5.04. The van der Waals surface area contributed by atoms with Gasteiger partial charge in [-0.05, 0) is 61.9 Å². The number of hydrogen-bond acceptors (Lipinski definition) is 6. The lowest BCUT2D eigenvalue weighted by atomic mass is 10.1. The van der Waals surface area contributed by atoms with Gasteiger partial charge in [0.15, 0.2) is 11.5 Å². The van der Waals surface area contributed by atoms with Crippen LogP contribution in [0.25, 0.3) is 0 Å². The molecule has 9 nitrogen and oxygen atoms in total. The Kier molecular flexibility index (Phi) is 10.2. The molecule has 3 aromatic carbocycles. The first kappa shape index (κ1) is 31.4. The van der Waals surface area contributed by atoms with Crippen LogP contribution in [0, 0.1) is 5.82 Å². The topological polar surface area (TPSA) is 105 Å². The molecule has 1 atom stereocenters. The second kappa shape index (κ2) is 13.6. The molecule has 0 spiro atoms. The number of amides is 2. The molecule has 224 valence electrons. The van der Waals surface area contributed by atoms with E-state index in [2.05, 4.69) is 5.32 Å². The van der Waals surface area contributed by atoms with Gasteiger partial charge in [-0.3, -0.25) is 13.9 Å². The number of nitrogens with zero attached hydrogens (tertiary/aromatic N) is 2. The van der Waals surface area contributed by atoms with Gasteiger partial charge in [0.2, 0.25) is 11.8 Å². The lowest BCUT2D eigenvalue weighted by Crippen LogP contribution is -2.51. The fourth-order valence-electron chi connectivity index (χ4n) is 4.28. The van der Waals surface area contributed by atoms with E-state index < -0.39 is 40.2 Å². The fraction of sp³-hybridized carbons (Fsp3) is 0.310. The number of anilines is 1. The highest BCUT2D eigenvalue weighted by molar-refractivity contribution is 7.92. The predicted molar refractivity (Wildman–Crippen MR) is 158 cm³/mol. The number of nitrogens with one attached hydrogen (secondary N) is 1. The zero-order valence-corrected chi connectivity index (χ0v) is 25.3. The van der Waals surface area contributed by atoms with Crippen LogP contribution in [0.4, 0.5) is 10.1 Å². The van der Waals surface area contributed by atoms with Gasteiger partial charge in [0.1, 0.15) is 31.6 Å². The van der Waals surface area contributed by atoms with Gasteiger partial charge in [0.05, 0.1) is 10.6 Å². The van der Waals surface area contributed by atoms with Crippen molar-refractivity contribution in [3.63, 3.8) is 0 Å². The van der Waals surface area contributed by atoms with Gasteiger partial charge >= 0.3 is 0 Å². The van der Waals surface area contributed by atoms with Crippen LogP contribution in [0.2, 0.25) is 10.0 Å². The summed E-state index contributed by atoms with van der Waals surface area (Å²) < 4.78 is 53.8. The van der Waals surface area contributed by atoms with Gasteiger partial charge in [-0.1, -0.05) is 36.2 Å². The summed E-state index contributed by atoms with van der Waals surface area (Å²) in [5.74, 6) is -1.10. The van der Waals surface area contributed by atoms with Crippen LogP contribution in [0.3, 0.4) is 0 Å². The number of halogens is 3. The quantitative estimate of drug-likeness (QED) is 0.316. The minimum absolute atomic E-state index is 0.0402. The Morgan fingerprint density at radius 2 is 1.64 bits per heavy atom. The van der Waals surface area contributed by atoms with Crippen LogP contribution < -0.4 is 19.1 Å². The molecule has 42 heavy (non-hydrogen) atoms. The first-order chi connectivity index (χ1) is 20.0. The van der Waals surface area contributed by atoms with Crippen LogP contribution in [-0.4, -0.2) is 57.5 Å². The SMILES string of the molecule is CCCNC(=O)[C@@H](C)N(Cc1c(Cl)cccc1Cl)C(=O)CN(c1ccc(F)cc1)S(=O)(=O)c1ccc2c(c1)OCCO2. The fourth-order valence-corrected chi connectivity index (χ4v) is 6.23. The first-order valence-corrected chi connectivity index (χ1v) is 15.4. The summed E-state index contributed by atoms with van der Waals surface area (Å²) in [5, 5.41) is 3.32. The molecule has 1 N–H and O–H groups in total. The summed E-state index contributed by atoms with van der Waals surface area (Å²) >= 11 is 12.8. The van der Waals surface area contributed by atoms with E-state index in [1.165, 1.54) is 42.2 Å². The Hall–Kier alpha value is -3.54. The molecule has 2 amide bonds. The standard InChI is InChI=1S/C29H30Cl2FN3O6S/c1-3-13-33-29(37)19(2)34(17-23-24(30)5-4-6-25(23)31)28(36)18-35(21-9-7-20(32)8-10-21)42(38,39)22-11-12-26-27(16-22)41-15-14-40-26/h4-12,16,19H,3,13-15,17-18H2,1-2H3,(H,33,37)/t19-/m1/s1. The smallest absolute Gasteiger partial charge is 0.264 e. The molecule has 0 fully saturated rings. The van der Waals surface area contributed by atoms with E-state index in [-0.39, 0.29) is 39.5 Å². The Labute approximate surface area is 254 Å². The van der Waals surface area contributed by atoms with Gasteiger partial charge < -0.3 is 19.7 Å². The van der Waals surface area contributed by atoms with Crippen molar-refractivity contribution in [2.24, 2.45) is 0 Å². The number of sulfonamides is 1. The average molecular weight is 639 g/mol. The monoisotopic (exact) mass is 637 g/mol. The number of carbonyl (C=O) groups is 2. The maximum absolute atomic E-state index is 14.0. The van der Waals surface area contributed by atoms with Crippen LogP contribution in [0.5, 0.6) is 11.5 Å². The molecular weight excluding hydrogens is 608 g/mol. The Morgan fingerprint density at radius 3 is 2.29 bits per heavy atom. The van der Waals surface area contributed by atoms with Crippen molar-refractivity contribution in [2.75, 3.05) is 30.6 Å². The van der Waals surface area contributed by atoms with E-state index in [0.29, 0.717) is 30.9 Å². The van der Waals surface area contributed by atoms with Gasteiger partial charge in [0.25, 0.3) is 10.0 Å². The Bertz CT molecular complexity index is 1540. The normalized spacial score (nSPS) is 13.3. The van der Waals surface area contributed by atoms with E-state index in [1.54, 1.807) is 18.2 Å². The van der Waals surface area contributed by atoms with Crippen molar-refractivity contribution in [1.82, 2.24) is 10.2 Å². The minimum atomic E-state index is -4.40. The van der Waals surface area contributed by atoms with Crippen molar-refractivity contribution in [3.05, 3.63) is 82.1 Å². The molecule has 13 heteroatoms. The van der Waals surface area contributed by atoms with E-state index in [4.69, 9.17) is 32.7 Å². The zero-order valence-electron chi connectivity index (χ0n) is 23.0. The van der Waals surface area contributed by atoms with Gasteiger partial charge in [-0.15, -0.1) is 0 Å². The third-order valence-corrected chi connectivity index (χ3v) is 9.08. The summed E-state index contributed by atoms with van der Waals surface area (Å²) in [5.41, 5.74) is 0.436. The molecule has 0 aromatic heterocycles. The van der Waals surface area contributed by atoms with Crippen molar-refractivity contribution in [3.8, 4) is 11.5 Å². The van der Waals surface area contributed by atoms with Gasteiger partial charge in [-0.2, -0.15) is 0 Å². The largest absolute Gasteiger partial charge is 0.486 e. The third kappa shape index (κ3) is 7.08. The third-order valence-electron chi connectivity index (χ3n) is 6.60. The highest BCUT2D eigenvalue weighted by Gasteiger charge is 2.33. The second-order valence-corrected chi connectivity index (χ2v) is 12.2. The van der Waals surface area contributed by atoms with Gasteiger partial charge in [-0.25, -0.2) is 12.8 Å². The van der Waals surface area contributed by atoms with Gasteiger partial charge in [0, 0.05) is 34.8 Å². The molecule has 1 aliphatic rings. The van der Waals surface area contributed by atoms with Crippen molar-refractivity contribution >= 4 is 50.7 Å². The Balaban J connectivity index is 1.74. The summed E-state index contributed by atoms with van der Waals surface area (Å²) in [4.78, 5) is 28.0. The van der Waals surface area contributed by atoms with E-state index >= 15 is 0 Å². The molecular formula is C29H30Cl2FN3O6S. The maximum Gasteiger partial charge on any atom is 0.264 e. The molecule has 0 saturated carbocycles. The molecule has 0 unspecified atom stereocenters. The summed E-state index contributed by atoms with van der Waals surface area (Å²) in [6.45, 7) is 3.50. The molecule has 1 aliphatic heterocycles. The molecule has 3 aromatic rings. The van der Waals surface area contributed by atoms with Crippen molar-refractivity contribution < 1.29 is 31.9 Å². The minimum Gasteiger partial charge on any atom is -0.486 e. The summed E-state index contributed by atoms with van der Waals surface area (Å²) in [7, 11) is -4.40. The number of carbonyl (C=O) groups excluding carboxylic acids is 2. The number of ether oxygens (including phenoxy) is 2. The number of benzene rings is 3. The average Bonchev–Trinajstić information content (AvgIpc) is 2.98. The number of fused-ring (bicyclic) bond motifs is 1. The van der Waals surface area contributed by atoms with E-state index in [0.717, 1.165) is 16.4 Å². The zero-order chi connectivity index (χ0) is 30.4. The van der Waals surface area contributed by atoms with Crippen molar-refractivity contribution in [2.45, 2.75) is 37.8 Å². The molecule has 1 heterocycles. The molecule has 4 rings (SSSR count). The van der Waals surface area contributed by atoms with Crippen molar-refractivity contribution in [1.29, 1.82) is 0 Å². The number of rotatable bonds is 11. The van der Waals surface area contributed by atoms with E-state index in [9.17, 15) is 22.4 Å². The van der Waals surface area contributed by atoms with Crippen LogP contribution >= 0.6 is 23.2 Å². The second-order valence-electron chi connectivity index (χ2n) is 9.48. The lowest BCUT2D eigenvalue weighted by molar-refractivity contribution is -0.139. The summed E-state index contributed by atoms with van der Waals surface area (Å²) in [6.07, 6.45) is 0.675. The first-order valence-electron chi connectivity index (χ1n) is 13.2. The molecule has 0 bridgehead atoms. The van der Waals surface area contributed by atoms with Crippen LogP contribution in [0.15, 0.2) is 65.6 Å². The highest BCUT2D eigenvalue weighted by Crippen LogP contribution is 2.34. The molecule has 0 saturated heterocycles. The molecule has 0 aliphatic carbocycles. The number of hydrogen-bond donors (Lipinski definition) is 1. The maximum atomic E-state index is 14.0. The highest BCUT2D eigenvalue weighted by atomic mass is 35.5. The van der Waals surface area contributed by atoms with Crippen LogP contribution in [-0.2, 0) is 26.2 Å². The summed E-state index contributed by atoms with van der Waals surface area (Å²) in [6, 6.07) is 12.7. The Morgan fingerprint density at radius 1 is 1.00 bits per heavy atom. The molecule has 0 radical (unpaired) electrons. The lowest BCUT2D eigenvalue weighted by Gasteiger charge is -2.32. The van der Waals surface area contributed by atoms with Crippen LogP contribution in [0.1, 0.15) is 25.8 Å².